The van der Waals surface area contributed by atoms with E-state index < -0.39 is 0 Å². The first kappa shape index (κ1) is 16.7. The van der Waals surface area contributed by atoms with Gasteiger partial charge in [-0.25, -0.2) is 4.98 Å². The van der Waals surface area contributed by atoms with Gasteiger partial charge in [-0.1, -0.05) is 0 Å². The molecule has 108 valence electrons. The van der Waals surface area contributed by atoms with Gasteiger partial charge >= 0.3 is 0 Å². The Hall–Kier alpha value is -0.370. The molecule has 1 aromatic rings. The average molecular weight is 394 g/mol. The van der Waals surface area contributed by atoms with Gasteiger partial charge in [-0.2, -0.15) is 0 Å². The van der Waals surface area contributed by atoms with E-state index in [9.17, 15) is 0 Å². The normalized spacial score (nSPS) is 14.5. The van der Waals surface area contributed by atoms with Crippen molar-refractivity contribution in [1.29, 1.82) is 0 Å². The van der Waals surface area contributed by atoms with E-state index in [1.165, 1.54) is 41.3 Å². The number of rotatable bonds is 4. The van der Waals surface area contributed by atoms with Crippen LogP contribution in [0.25, 0.3) is 0 Å². The topological polar surface area (TPSA) is 49.3 Å². The van der Waals surface area contributed by atoms with Gasteiger partial charge in [0.25, 0.3) is 0 Å². The predicted molar refractivity (Wildman–Crippen MR) is 92.9 cm³/mol. The average Bonchev–Trinajstić information content (AvgIpc) is 2.81. The molecule has 1 aliphatic rings. The van der Waals surface area contributed by atoms with Crippen LogP contribution >= 0.6 is 35.3 Å². The number of aryl methyl sites for hydroxylation is 3. The molecule has 2 N–H and O–H groups in total. The number of nitrogens with zero attached hydrogens (tertiary/aromatic N) is 2. The second-order valence-electron chi connectivity index (χ2n) is 4.54. The summed E-state index contributed by atoms with van der Waals surface area (Å²) in [4.78, 5) is 10.4. The molecule has 0 bridgehead atoms. The zero-order valence-corrected chi connectivity index (χ0v) is 14.8. The Bertz CT molecular complexity index is 393. The predicted octanol–water partition coefficient (Wildman–Crippen LogP) is 2.37. The lowest BCUT2D eigenvalue weighted by atomic mass is 10.0. The first-order valence-corrected chi connectivity index (χ1v) is 7.51. The number of guanidine groups is 1. The van der Waals surface area contributed by atoms with E-state index in [2.05, 4.69) is 15.6 Å². The summed E-state index contributed by atoms with van der Waals surface area (Å²) >= 11 is 1.92. The Morgan fingerprint density at radius 3 is 2.84 bits per heavy atom. The highest BCUT2D eigenvalue weighted by Gasteiger charge is 2.14. The minimum atomic E-state index is 0. The van der Waals surface area contributed by atoms with Crippen molar-refractivity contribution in [2.75, 3.05) is 20.6 Å². The van der Waals surface area contributed by atoms with Crippen LogP contribution in [0.15, 0.2) is 4.99 Å². The van der Waals surface area contributed by atoms with Gasteiger partial charge in [0.15, 0.2) is 5.96 Å². The molecule has 0 radical (unpaired) electrons. The molecule has 6 heteroatoms. The fraction of sp³-hybridized carbons (Fsp3) is 0.692. The van der Waals surface area contributed by atoms with Crippen LogP contribution < -0.4 is 10.6 Å². The third kappa shape index (κ3) is 4.91. The molecule has 4 nitrogen and oxygen atoms in total. The van der Waals surface area contributed by atoms with E-state index >= 15 is 0 Å². The summed E-state index contributed by atoms with van der Waals surface area (Å²) in [6, 6.07) is 0. The molecule has 0 aliphatic heterocycles. The molecule has 0 saturated carbocycles. The van der Waals surface area contributed by atoms with Gasteiger partial charge < -0.3 is 10.6 Å². The summed E-state index contributed by atoms with van der Waals surface area (Å²) in [5.41, 5.74) is 1.38. The molecule has 19 heavy (non-hydrogen) atoms. The third-order valence-electron chi connectivity index (χ3n) is 3.21. The van der Waals surface area contributed by atoms with Crippen molar-refractivity contribution >= 4 is 41.3 Å². The summed E-state index contributed by atoms with van der Waals surface area (Å²) in [5.74, 6) is 0.855. The van der Waals surface area contributed by atoms with Crippen molar-refractivity contribution in [2.24, 2.45) is 4.99 Å². The molecule has 0 saturated heterocycles. The molecular weight excluding hydrogens is 371 g/mol. The number of hydrogen-bond donors (Lipinski definition) is 2. The van der Waals surface area contributed by atoms with Gasteiger partial charge in [0.2, 0.25) is 0 Å². The Morgan fingerprint density at radius 1 is 1.37 bits per heavy atom. The van der Waals surface area contributed by atoms with Crippen molar-refractivity contribution in [1.82, 2.24) is 15.6 Å². The second-order valence-corrected chi connectivity index (χ2v) is 5.71. The smallest absolute Gasteiger partial charge is 0.190 e. The summed E-state index contributed by atoms with van der Waals surface area (Å²) in [5, 5.41) is 7.59. The number of halogens is 1. The van der Waals surface area contributed by atoms with E-state index in [1.54, 1.807) is 7.05 Å². The highest BCUT2D eigenvalue weighted by Crippen LogP contribution is 2.27. The van der Waals surface area contributed by atoms with Crippen molar-refractivity contribution in [3.05, 3.63) is 15.6 Å². The van der Waals surface area contributed by atoms with E-state index in [0.717, 1.165) is 25.3 Å². The highest BCUT2D eigenvalue weighted by molar-refractivity contribution is 14.0. The second kappa shape index (κ2) is 8.73. The van der Waals surface area contributed by atoms with Crippen LogP contribution in [0, 0.1) is 0 Å². The van der Waals surface area contributed by atoms with Gasteiger partial charge in [0.1, 0.15) is 0 Å². The van der Waals surface area contributed by atoms with Crippen molar-refractivity contribution < 1.29 is 0 Å². The number of aromatic nitrogens is 1. The quantitative estimate of drug-likeness (QED) is 0.357. The zero-order chi connectivity index (χ0) is 12.8. The molecule has 0 fully saturated rings. The van der Waals surface area contributed by atoms with Crippen LogP contribution in [0.4, 0.5) is 0 Å². The lowest BCUT2D eigenvalue weighted by Gasteiger charge is -2.07. The van der Waals surface area contributed by atoms with Crippen molar-refractivity contribution in [3.8, 4) is 0 Å². The number of fused-ring (bicyclic) bond motifs is 1. The standard InChI is InChI=1S/C13H22N4S.HI/c1-14-13(15-2)16-9-5-8-12-17-10-6-3-4-7-11(10)18-12;/h3-9H2,1-2H3,(H2,14,15,16);1H. The minimum absolute atomic E-state index is 0. The monoisotopic (exact) mass is 394 g/mol. The number of aliphatic imine (C=N–C) groups is 1. The van der Waals surface area contributed by atoms with Gasteiger partial charge in [-0.05, 0) is 32.1 Å². The SMILES string of the molecule is CN=C(NC)NCCCc1nc2c(s1)CCCC2.I. The van der Waals surface area contributed by atoms with Crippen LogP contribution in [0.1, 0.15) is 34.8 Å². The maximum absolute atomic E-state index is 4.75. The van der Waals surface area contributed by atoms with Crippen molar-refractivity contribution in [3.63, 3.8) is 0 Å². The first-order chi connectivity index (χ1) is 8.83. The molecule has 1 aromatic heterocycles. The maximum Gasteiger partial charge on any atom is 0.190 e. The lowest BCUT2D eigenvalue weighted by Crippen LogP contribution is -2.35. The summed E-state index contributed by atoms with van der Waals surface area (Å²) < 4.78 is 0. The fourth-order valence-corrected chi connectivity index (χ4v) is 3.44. The van der Waals surface area contributed by atoms with Gasteiger partial charge in [0, 0.05) is 31.9 Å². The van der Waals surface area contributed by atoms with Crippen LogP contribution in [0.3, 0.4) is 0 Å². The summed E-state index contributed by atoms with van der Waals surface area (Å²) in [6.07, 6.45) is 7.28. The molecule has 2 rings (SSSR count). The number of hydrogen-bond acceptors (Lipinski definition) is 3. The van der Waals surface area contributed by atoms with E-state index in [1.807, 2.05) is 18.4 Å². The third-order valence-corrected chi connectivity index (χ3v) is 4.43. The first-order valence-electron chi connectivity index (χ1n) is 6.69. The Balaban J connectivity index is 0.00000180. The molecular formula is C13H23IN4S. The largest absolute Gasteiger partial charge is 0.359 e. The Kier molecular flexibility index (Phi) is 7.67. The summed E-state index contributed by atoms with van der Waals surface area (Å²) in [7, 11) is 3.66. The van der Waals surface area contributed by atoms with Crippen LogP contribution in [0.2, 0.25) is 0 Å². The lowest BCUT2D eigenvalue weighted by molar-refractivity contribution is 0.678. The summed E-state index contributed by atoms with van der Waals surface area (Å²) in [6.45, 7) is 0.942. The van der Waals surface area contributed by atoms with Crippen LogP contribution in [-0.2, 0) is 19.3 Å². The minimum Gasteiger partial charge on any atom is -0.359 e. The van der Waals surface area contributed by atoms with Gasteiger partial charge in [0.05, 0.1) is 10.7 Å². The zero-order valence-electron chi connectivity index (χ0n) is 11.7. The van der Waals surface area contributed by atoms with Gasteiger partial charge in [-0.3, -0.25) is 4.99 Å². The van der Waals surface area contributed by atoms with Crippen molar-refractivity contribution in [2.45, 2.75) is 38.5 Å². The Morgan fingerprint density at radius 2 is 2.16 bits per heavy atom. The fourth-order valence-electron chi connectivity index (χ4n) is 2.24. The molecule has 0 atom stereocenters. The van der Waals surface area contributed by atoms with Crippen LogP contribution in [0.5, 0.6) is 0 Å². The number of thiazole rings is 1. The van der Waals surface area contributed by atoms with Crippen LogP contribution in [-0.4, -0.2) is 31.6 Å². The molecule has 0 amide bonds. The molecule has 1 heterocycles. The van der Waals surface area contributed by atoms with Gasteiger partial charge in [-0.15, -0.1) is 35.3 Å². The Labute approximate surface area is 136 Å². The van der Waals surface area contributed by atoms with E-state index in [0.29, 0.717) is 0 Å². The maximum atomic E-state index is 4.75. The number of nitrogens with one attached hydrogen (secondary N) is 2. The molecule has 0 spiro atoms. The molecule has 0 unspecified atom stereocenters. The molecule has 0 aromatic carbocycles. The highest BCUT2D eigenvalue weighted by atomic mass is 127. The molecule has 1 aliphatic carbocycles. The van der Waals surface area contributed by atoms with E-state index in [4.69, 9.17) is 4.98 Å². The van der Waals surface area contributed by atoms with E-state index in [-0.39, 0.29) is 24.0 Å².